The van der Waals surface area contributed by atoms with Crippen LogP contribution in [0, 0.1) is 12.7 Å². The van der Waals surface area contributed by atoms with E-state index < -0.39 is 30.8 Å². The normalized spacial score (nSPS) is 12.5. The second kappa shape index (κ2) is 13.1. The molecule has 10 heteroatoms. The summed E-state index contributed by atoms with van der Waals surface area (Å²) < 4.78 is 24.9. The van der Waals surface area contributed by atoms with Gasteiger partial charge in [0, 0.05) is 24.2 Å². The second-order valence-corrected chi connectivity index (χ2v) is 10.5. The number of esters is 2. The quantitative estimate of drug-likeness (QED) is 0.210. The number of aliphatic hydroxyl groups is 2. The van der Waals surface area contributed by atoms with E-state index in [4.69, 9.17) is 4.74 Å². The molecule has 0 saturated carbocycles. The van der Waals surface area contributed by atoms with E-state index in [2.05, 4.69) is 39.0 Å². The molecule has 0 aliphatic heterocycles. The van der Waals surface area contributed by atoms with E-state index in [9.17, 15) is 24.2 Å². The number of aromatic nitrogens is 2. The smallest absolute Gasteiger partial charge is 0.359 e. The Morgan fingerprint density at radius 2 is 1.52 bits per heavy atom. The summed E-state index contributed by atoms with van der Waals surface area (Å²) in [4.78, 5) is 27.1. The number of hydrogen-bond donors (Lipinski definition) is 2. The standard InChI is InChI=1S/C34H32FN3O6/c1-23-7-9-24(10-8-23)19-37(20-25-11-13-26(35)14-12-25)27-15-17-28(18-16-27)38-30-6-4-3-5-29(30)31(36-38)32(40)44-22-34(42,21-39)33(41)43-2/h3-18,39,42H,19-22H2,1-2H3. The van der Waals surface area contributed by atoms with E-state index in [1.54, 1.807) is 28.9 Å². The molecule has 0 bridgehead atoms. The second-order valence-electron chi connectivity index (χ2n) is 10.5. The van der Waals surface area contributed by atoms with Crippen LogP contribution in [0.5, 0.6) is 0 Å². The van der Waals surface area contributed by atoms with Gasteiger partial charge in [0.25, 0.3) is 0 Å². The van der Waals surface area contributed by atoms with Gasteiger partial charge in [-0.1, -0.05) is 60.2 Å². The Balaban J connectivity index is 1.43. The van der Waals surface area contributed by atoms with Crippen LogP contribution < -0.4 is 4.90 Å². The highest BCUT2D eigenvalue weighted by Gasteiger charge is 2.39. The van der Waals surface area contributed by atoms with Crippen molar-refractivity contribution in [3.05, 3.63) is 125 Å². The van der Waals surface area contributed by atoms with Crippen LogP contribution in [-0.2, 0) is 27.4 Å². The molecule has 1 atom stereocenters. The van der Waals surface area contributed by atoms with Gasteiger partial charge in [-0.2, -0.15) is 5.10 Å². The first-order valence-electron chi connectivity index (χ1n) is 13.9. The van der Waals surface area contributed by atoms with Gasteiger partial charge in [0.2, 0.25) is 5.60 Å². The van der Waals surface area contributed by atoms with Crippen molar-refractivity contribution in [1.82, 2.24) is 9.78 Å². The molecule has 0 aliphatic rings. The molecular weight excluding hydrogens is 565 g/mol. The fourth-order valence-electron chi connectivity index (χ4n) is 4.79. The summed E-state index contributed by atoms with van der Waals surface area (Å²) in [6.07, 6.45) is 0. The average molecular weight is 598 g/mol. The summed E-state index contributed by atoms with van der Waals surface area (Å²) in [5.41, 5.74) is 3.10. The Bertz CT molecular complexity index is 1710. The maximum atomic E-state index is 13.6. The molecular formula is C34H32FN3O6. The summed E-state index contributed by atoms with van der Waals surface area (Å²) in [5, 5.41) is 24.8. The maximum absolute atomic E-state index is 13.6. The molecule has 0 saturated heterocycles. The first-order valence-corrected chi connectivity index (χ1v) is 13.9. The first kappa shape index (κ1) is 30.4. The van der Waals surface area contributed by atoms with Gasteiger partial charge in [-0.3, -0.25) is 0 Å². The highest BCUT2D eigenvalue weighted by molar-refractivity contribution is 6.02. The molecule has 2 N–H and O–H groups in total. The van der Waals surface area contributed by atoms with Crippen molar-refractivity contribution in [3.8, 4) is 5.69 Å². The minimum Gasteiger partial charge on any atom is -0.467 e. The number of carbonyl (C=O) groups excluding carboxylic acids is 2. The number of para-hydroxylation sites is 1. The lowest BCUT2D eigenvalue weighted by Crippen LogP contribution is -2.48. The molecule has 9 nitrogen and oxygen atoms in total. The van der Waals surface area contributed by atoms with E-state index >= 15 is 0 Å². The minimum atomic E-state index is -2.39. The zero-order valence-electron chi connectivity index (χ0n) is 24.3. The zero-order valence-corrected chi connectivity index (χ0v) is 24.3. The van der Waals surface area contributed by atoms with E-state index in [1.165, 1.54) is 17.7 Å². The molecule has 0 fully saturated rings. The van der Waals surface area contributed by atoms with Crippen molar-refractivity contribution in [2.75, 3.05) is 25.2 Å². The van der Waals surface area contributed by atoms with E-state index in [0.29, 0.717) is 29.7 Å². The number of ether oxygens (including phenoxy) is 2. The van der Waals surface area contributed by atoms with Crippen LogP contribution >= 0.6 is 0 Å². The van der Waals surface area contributed by atoms with Crippen molar-refractivity contribution in [2.45, 2.75) is 25.6 Å². The predicted octanol–water partition coefficient (Wildman–Crippen LogP) is 4.73. The van der Waals surface area contributed by atoms with Gasteiger partial charge in [0.15, 0.2) is 5.69 Å². The molecule has 0 aliphatic carbocycles. The van der Waals surface area contributed by atoms with Crippen molar-refractivity contribution < 1.29 is 33.7 Å². The lowest BCUT2D eigenvalue weighted by atomic mass is 10.1. The van der Waals surface area contributed by atoms with Gasteiger partial charge in [0.1, 0.15) is 12.4 Å². The van der Waals surface area contributed by atoms with Crippen molar-refractivity contribution in [1.29, 1.82) is 0 Å². The lowest BCUT2D eigenvalue weighted by molar-refractivity contribution is -0.171. The molecule has 0 spiro atoms. The number of carbonyl (C=O) groups is 2. The largest absolute Gasteiger partial charge is 0.467 e. The fourth-order valence-corrected chi connectivity index (χ4v) is 4.79. The Labute approximate surface area is 253 Å². The number of methoxy groups -OCH3 is 1. The van der Waals surface area contributed by atoms with Gasteiger partial charge in [-0.25, -0.2) is 18.7 Å². The molecule has 5 aromatic rings. The average Bonchev–Trinajstić information content (AvgIpc) is 3.44. The first-order chi connectivity index (χ1) is 21.2. The summed E-state index contributed by atoms with van der Waals surface area (Å²) in [5.74, 6) is -2.29. The van der Waals surface area contributed by atoms with Crippen LogP contribution in [0.25, 0.3) is 16.6 Å². The SMILES string of the molecule is COC(=O)C(O)(CO)COC(=O)c1nn(-c2ccc(N(Cc3ccc(C)cc3)Cc3ccc(F)cc3)cc2)c2ccccc12. The van der Waals surface area contributed by atoms with Gasteiger partial charge >= 0.3 is 11.9 Å². The van der Waals surface area contributed by atoms with Gasteiger partial charge < -0.3 is 24.6 Å². The number of nitrogens with zero attached hydrogens (tertiary/aromatic N) is 3. The molecule has 0 amide bonds. The Kier molecular flexibility index (Phi) is 9.03. The minimum absolute atomic E-state index is 0.0212. The monoisotopic (exact) mass is 597 g/mol. The number of hydrogen-bond acceptors (Lipinski definition) is 8. The predicted molar refractivity (Wildman–Crippen MR) is 163 cm³/mol. The third kappa shape index (κ3) is 6.61. The number of fused-ring (bicyclic) bond motifs is 1. The van der Waals surface area contributed by atoms with Crippen molar-refractivity contribution in [3.63, 3.8) is 0 Å². The molecule has 1 heterocycles. The third-order valence-electron chi connectivity index (χ3n) is 7.29. The fraction of sp³-hybridized carbons (Fsp3) is 0.206. The van der Waals surface area contributed by atoms with Gasteiger partial charge in [-0.05, 0) is 60.5 Å². The van der Waals surface area contributed by atoms with E-state index in [1.807, 2.05) is 43.3 Å². The zero-order chi connectivity index (χ0) is 31.3. The van der Waals surface area contributed by atoms with Gasteiger partial charge in [-0.15, -0.1) is 0 Å². The van der Waals surface area contributed by atoms with Crippen LogP contribution in [0.3, 0.4) is 0 Å². The van der Waals surface area contributed by atoms with Crippen LogP contribution in [-0.4, -0.2) is 57.9 Å². The Morgan fingerprint density at radius 3 is 2.14 bits per heavy atom. The molecule has 0 radical (unpaired) electrons. The Morgan fingerprint density at radius 1 is 0.909 bits per heavy atom. The molecule has 226 valence electrons. The molecule has 1 unspecified atom stereocenters. The number of anilines is 1. The number of aryl methyl sites for hydroxylation is 1. The highest BCUT2D eigenvalue weighted by Crippen LogP contribution is 2.27. The third-order valence-corrected chi connectivity index (χ3v) is 7.29. The van der Waals surface area contributed by atoms with Crippen LogP contribution in [0.15, 0.2) is 97.1 Å². The summed E-state index contributed by atoms with van der Waals surface area (Å²) in [7, 11) is 1.05. The maximum Gasteiger partial charge on any atom is 0.359 e. The molecule has 44 heavy (non-hydrogen) atoms. The van der Waals surface area contributed by atoms with Crippen LogP contribution in [0.4, 0.5) is 10.1 Å². The number of aliphatic hydroxyl groups excluding tert-OH is 1. The van der Waals surface area contributed by atoms with E-state index in [-0.39, 0.29) is 11.5 Å². The molecule has 5 rings (SSSR count). The summed E-state index contributed by atoms with van der Waals surface area (Å²) in [6, 6.07) is 29.6. The number of benzene rings is 4. The summed E-state index contributed by atoms with van der Waals surface area (Å²) >= 11 is 0. The van der Waals surface area contributed by atoms with E-state index in [0.717, 1.165) is 23.9 Å². The topological polar surface area (TPSA) is 114 Å². The molecule has 4 aromatic carbocycles. The summed E-state index contributed by atoms with van der Waals surface area (Å²) in [6.45, 7) is 1.43. The van der Waals surface area contributed by atoms with Crippen molar-refractivity contribution in [2.24, 2.45) is 0 Å². The van der Waals surface area contributed by atoms with Crippen LogP contribution in [0.1, 0.15) is 27.2 Å². The molecule has 1 aromatic heterocycles. The highest BCUT2D eigenvalue weighted by atomic mass is 19.1. The van der Waals surface area contributed by atoms with Gasteiger partial charge in [0.05, 0.1) is 24.9 Å². The van der Waals surface area contributed by atoms with Crippen LogP contribution in [0.2, 0.25) is 0 Å². The number of rotatable bonds is 11. The lowest BCUT2D eigenvalue weighted by Gasteiger charge is -2.26. The van der Waals surface area contributed by atoms with Crippen molar-refractivity contribution >= 4 is 28.5 Å². The Hall–Kier alpha value is -5.06. The number of halogens is 1.